The molecule has 0 bridgehead atoms. The van der Waals surface area contributed by atoms with Crippen LogP contribution in [0.3, 0.4) is 0 Å². The number of benzene rings is 2. The van der Waals surface area contributed by atoms with E-state index in [1.165, 1.54) is 11.3 Å². The van der Waals surface area contributed by atoms with Gasteiger partial charge in [-0.15, -0.1) is 0 Å². The highest BCUT2D eigenvalue weighted by molar-refractivity contribution is 7.22. The number of fused-ring (bicyclic) bond motifs is 2. The summed E-state index contributed by atoms with van der Waals surface area (Å²) in [6.07, 6.45) is 0. The first-order chi connectivity index (χ1) is 11.7. The van der Waals surface area contributed by atoms with Crippen LogP contribution in [0.5, 0.6) is 11.5 Å². The third kappa shape index (κ3) is 2.80. The number of nitrogens with one attached hydrogen (secondary N) is 1. The van der Waals surface area contributed by atoms with Gasteiger partial charge in [0.25, 0.3) is 0 Å². The molecular weight excluding hydrogens is 324 g/mol. The Morgan fingerprint density at radius 2 is 1.88 bits per heavy atom. The average molecular weight is 340 g/mol. The smallest absolute Gasteiger partial charge is 0.233 e. The summed E-state index contributed by atoms with van der Waals surface area (Å²) in [5.41, 5.74) is 1.78. The molecule has 0 radical (unpaired) electrons. The number of anilines is 1. The van der Waals surface area contributed by atoms with E-state index >= 15 is 0 Å². The molecule has 2 aromatic carbocycles. The molecule has 1 aliphatic heterocycles. The van der Waals surface area contributed by atoms with Crippen LogP contribution in [-0.4, -0.2) is 24.1 Å². The number of aromatic nitrogens is 1. The van der Waals surface area contributed by atoms with Gasteiger partial charge in [0.1, 0.15) is 13.2 Å². The Balaban J connectivity index is 1.57. The average Bonchev–Trinajstić information content (AvgIpc) is 3.00. The second-order valence-electron chi connectivity index (χ2n) is 5.60. The fraction of sp³-hybridized carbons (Fsp3) is 0.222. The van der Waals surface area contributed by atoms with Crippen molar-refractivity contribution in [3.05, 3.63) is 48.0 Å². The highest BCUT2D eigenvalue weighted by Crippen LogP contribution is 2.38. The van der Waals surface area contributed by atoms with Crippen molar-refractivity contribution in [3.63, 3.8) is 0 Å². The molecule has 0 spiro atoms. The van der Waals surface area contributed by atoms with Crippen molar-refractivity contribution in [1.29, 1.82) is 0 Å². The molecule has 0 saturated heterocycles. The molecule has 4 rings (SSSR count). The van der Waals surface area contributed by atoms with Gasteiger partial charge in [0.05, 0.1) is 16.1 Å². The zero-order chi connectivity index (χ0) is 16.5. The van der Waals surface area contributed by atoms with Gasteiger partial charge >= 0.3 is 0 Å². The van der Waals surface area contributed by atoms with Crippen LogP contribution in [0.2, 0.25) is 0 Å². The summed E-state index contributed by atoms with van der Waals surface area (Å²) in [7, 11) is 0. The minimum absolute atomic E-state index is 0.0717. The zero-order valence-electron chi connectivity index (χ0n) is 13.1. The molecule has 0 fully saturated rings. The summed E-state index contributed by atoms with van der Waals surface area (Å²) in [6.45, 7) is 2.98. The van der Waals surface area contributed by atoms with Crippen molar-refractivity contribution in [2.75, 3.05) is 18.5 Å². The largest absolute Gasteiger partial charge is 0.486 e. The number of thiazole rings is 1. The minimum Gasteiger partial charge on any atom is -0.486 e. The summed E-state index contributed by atoms with van der Waals surface area (Å²) in [4.78, 5) is 16.9. The molecule has 0 unspecified atom stereocenters. The molecule has 0 saturated carbocycles. The van der Waals surface area contributed by atoms with E-state index < -0.39 is 0 Å². The number of amides is 1. The predicted molar refractivity (Wildman–Crippen MR) is 94.1 cm³/mol. The van der Waals surface area contributed by atoms with E-state index in [9.17, 15) is 4.79 Å². The van der Waals surface area contributed by atoms with Crippen molar-refractivity contribution in [2.45, 2.75) is 12.8 Å². The molecule has 1 N–H and O–H groups in total. The monoisotopic (exact) mass is 340 g/mol. The van der Waals surface area contributed by atoms with Crippen LogP contribution >= 0.6 is 11.3 Å². The Morgan fingerprint density at radius 1 is 1.17 bits per heavy atom. The second-order valence-corrected chi connectivity index (χ2v) is 6.63. The molecule has 6 heteroatoms. The molecule has 1 amide bonds. The van der Waals surface area contributed by atoms with Crippen molar-refractivity contribution < 1.29 is 14.3 Å². The number of carbonyl (C=O) groups excluding carboxylic acids is 1. The Hall–Kier alpha value is -2.60. The number of rotatable bonds is 3. The maximum Gasteiger partial charge on any atom is 0.233 e. The van der Waals surface area contributed by atoms with Gasteiger partial charge in [-0.1, -0.05) is 41.7 Å². The van der Waals surface area contributed by atoms with E-state index in [1.807, 2.05) is 49.4 Å². The van der Waals surface area contributed by atoms with E-state index in [0.29, 0.717) is 24.1 Å². The highest BCUT2D eigenvalue weighted by Gasteiger charge is 2.19. The van der Waals surface area contributed by atoms with Crippen LogP contribution in [0, 0.1) is 0 Å². The van der Waals surface area contributed by atoms with E-state index in [2.05, 4.69) is 10.3 Å². The van der Waals surface area contributed by atoms with E-state index in [1.54, 1.807) is 0 Å². The molecule has 1 aromatic heterocycles. The third-order valence-corrected chi connectivity index (χ3v) is 4.91. The lowest BCUT2D eigenvalue weighted by atomic mass is 10.0. The van der Waals surface area contributed by atoms with E-state index in [4.69, 9.17) is 9.47 Å². The summed E-state index contributed by atoms with van der Waals surface area (Å²) in [5, 5.41) is 3.49. The first-order valence-corrected chi connectivity index (χ1v) is 8.58. The molecule has 2 heterocycles. The van der Waals surface area contributed by atoms with Crippen LogP contribution in [0.4, 0.5) is 5.13 Å². The van der Waals surface area contributed by atoms with Gasteiger partial charge in [-0.3, -0.25) is 4.79 Å². The molecule has 122 valence electrons. The Morgan fingerprint density at radius 3 is 2.62 bits per heavy atom. The number of nitrogens with zero attached hydrogens (tertiary/aromatic N) is 1. The van der Waals surface area contributed by atoms with Gasteiger partial charge < -0.3 is 14.8 Å². The van der Waals surface area contributed by atoms with E-state index in [-0.39, 0.29) is 11.8 Å². The van der Waals surface area contributed by atoms with Crippen LogP contribution in [0.15, 0.2) is 42.5 Å². The second kappa shape index (κ2) is 6.13. The van der Waals surface area contributed by atoms with Crippen LogP contribution in [0.25, 0.3) is 10.2 Å². The van der Waals surface area contributed by atoms with Gasteiger partial charge in [0.2, 0.25) is 5.91 Å². The molecule has 3 aromatic rings. The van der Waals surface area contributed by atoms with Crippen LogP contribution in [-0.2, 0) is 4.79 Å². The Bertz CT molecular complexity index is 849. The topological polar surface area (TPSA) is 60.5 Å². The quantitative estimate of drug-likeness (QED) is 0.787. The summed E-state index contributed by atoms with van der Waals surface area (Å²) < 4.78 is 12.1. The van der Waals surface area contributed by atoms with Crippen molar-refractivity contribution in [1.82, 2.24) is 4.98 Å². The molecule has 5 nitrogen and oxygen atoms in total. The number of carbonyl (C=O) groups is 1. The molecule has 1 atom stereocenters. The minimum atomic E-state index is -0.238. The summed E-state index contributed by atoms with van der Waals surface area (Å²) in [5.74, 6) is 1.12. The van der Waals surface area contributed by atoms with Crippen molar-refractivity contribution in [3.8, 4) is 11.5 Å². The molecule has 24 heavy (non-hydrogen) atoms. The van der Waals surface area contributed by atoms with Crippen molar-refractivity contribution in [2.24, 2.45) is 0 Å². The van der Waals surface area contributed by atoms with Crippen molar-refractivity contribution >= 4 is 32.6 Å². The first kappa shape index (κ1) is 15.0. The molecule has 1 aliphatic rings. The number of ether oxygens (including phenoxy) is 2. The zero-order valence-corrected chi connectivity index (χ0v) is 13.9. The Kier molecular flexibility index (Phi) is 3.82. The maximum absolute atomic E-state index is 12.5. The molecule has 0 aliphatic carbocycles. The number of hydrogen-bond donors (Lipinski definition) is 1. The van der Waals surface area contributed by atoms with Gasteiger partial charge in [-0.25, -0.2) is 4.98 Å². The third-order valence-electron chi connectivity index (χ3n) is 3.98. The summed E-state index contributed by atoms with van der Waals surface area (Å²) >= 11 is 1.43. The lowest BCUT2D eigenvalue weighted by Gasteiger charge is -2.17. The van der Waals surface area contributed by atoms with Gasteiger partial charge in [0.15, 0.2) is 16.6 Å². The summed E-state index contributed by atoms with van der Waals surface area (Å²) in [6, 6.07) is 13.5. The van der Waals surface area contributed by atoms with Crippen LogP contribution in [0.1, 0.15) is 18.4 Å². The fourth-order valence-corrected chi connectivity index (χ4v) is 3.50. The first-order valence-electron chi connectivity index (χ1n) is 7.77. The standard InChI is InChI=1S/C18H16N2O3S/c1-11(12-5-3-2-4-6-12)17(21)20-18-19-13-9-14-15(10-16(13)24-18)23-8-7-22-14/h2-6,9-11H,7-8H2,1H3,(H,19,20,21)/t11-/m1/s1. The van der Waals surface area contributed by atoms with Gasteiger partial charge in [-0.05, 0) is 12.5 Å². The number of hydrogen-bond acceptors (Lipinski definition) is 5. The fourth-order valence-electron chi connectivity index (χ4n) is 2.63. The lowest BCUT2D eigenvalue weighted by molar-refractivity contribution is -0.117. The Labute approximate surface area is 143 Å². The van der Waals surface area contributed by atoms with Crippen LogP contribution < -0.4 is 14.8 Å². The molecular formula is C18H16N2O3S. The normalized spacial score (nSPS) is 14.4. The van der Waals surface area contributed by atoms with Gasteiger partial charge in [-0.2, -0.15) is 0 Å². The maximum atomic E-state index is 12.5. The van der Waals surface area contributed by atoms with E-state index in [0.717, 1.165) is 21.5 Å². The predicted octanol–water partition coefficient (Wildman–Crippen LogP) is 3.81. The lowest BCUT2D eigenvalue weighted by Crippen LogP contribution is -2.18. The SMILES string of the molecule is C[C@@H](C(=O)Nc1nc2cc3c(cc2s1)OCCO3)c1ccccc1. The van der Waals surface area contributed by atoms with Gasteiger partial charge in [0, 0.05) is 12.1 Å². The highest BCUT2D eigenvalue weighted by atomic mass is 32.1.